The fourth-order valence-electron chi connectivity index (χ4n) is 2.07. The third-order valence-electron chi connectivity index (χ3n) is 3.15. The Balaban J connectivity index is 2.24. The van der Waals surface area contributed by atoms with Gasteiger partial charge in [-0.1, -0.05) is 12.1 Å². The van der Waals surface area contributed by atoms with Crippen LogP contribution in [0.1, 0.15) is 16.1 Å². The van der Waals surface area contributed by atoms with Crippen molar-refractivity contribution in [3.8, 4) is 10.6 Å². The number of carbonyl (C=O) groups excluding carboxylic acids is 1. The maximum atomic E-state index is 12.6. The second-order valence-electron chi connectivity index (χ2n) is 4.99. The third-order valence-corrected chi connectivity index (χ3v) is 4.16. The van der Waals surface area contributed by atoms with Crippen LogP contribution in [0.25, 0.3) is 10.6 Å². The minimum Gasteiger partial charge on any atom is -0.480 e. The fraction of sp³-hybridized carbons (Fsp3) is 0.312. The lowest BCUT2D eigenvalue weighted by Crippen LogP contribution is -2.38. The molecule has 1 amide bonds. The van der Waals surface area contributed by atoms with Crippen molar-refractivity contribution in [1.82, 2.24) is 9.88 Å². The van der Waals surface area contributed by atoms with Crippen LogP contribution in [0.3, 0.4) is 0 Å². The molecule has 6 nitrogen and oxygen atoms in total. The molecule has 7 heteroatoms. The summed E-state index contributed by atoms with van der Waals surface area (Å²) in [6.45, 7) is 2.06. The van der Waals surface area contributed by atoms with Crippen LogP contribution in [-0.2, 0) is 9.53 Å². The van der Waals surface area contributed by atoms with Crippen molar-refractivity contribution in [2.75, 3.05) is 26.8 Å². The van der Waals surface area contributed by atoms with Crippen LogP contribution >= 0.6 is 11.3 Å². The highest BCUT2D eigenvalue weighted by Crippen LogP contribution is 2.24. The zero-order valence-corrected chi connectivity index (χ0v) is 13.8. The van der Waals surface area contributed by atoms with Gasteiger partial charge in [-0.05, 0) is 19.1 Å². The van der Waals surface area contributed by atoms with E-state index >= 15 is 0 Å². The minimum atomic E-state index is -1.05. The lowest BCUT2D eigenvalue weighted by atomic mass is 10.1. The molecule has 1 aromatic heterocycles. The highest BCUT2D eigenvalue weighted by molar-refractivity contribution is 7.13. The number of methoxy groups -OCH3 is 1. The second kappa shape index (κ2) is 7.85. The van der Waals surface area contributed by atoms with E-state index in [0.29, 0.717) is 5.56 Å². The molecular formula is C16H18N2O4S. The smallest absolute Gasteiger partial charge is 0.323 e. The summed E-state index contributed by atoms with van der Waals surface area (Å²) in [5.41, 5.74) is 2.21. The van der Waals surface area contributed by atoms with Gasteiger partial charge in [0.05, 0.1) is 6.61 Å². The standard InChI is InChI=1S/C16H18N2O4S/c1-11-10-23-15(17-11)12-4-3-5-13(8-12)16(21)18(6-7-22-2)9-14(19)20/h3-5,8,10H,6-7,9H2,1-2H3,(H,19,20). The molecule has 23 heavy (non-hydrogen) atoms. The quantitative estimate of drug-likeness (QED) is 0.840. The minimum absolute atomic E-state index is 0.224. The van der Waals surface area contributed by atoms with E-state index in [2.05, 4.69) is 4.98 Å². The number of thiazole rings is 1. The number of aromatic nitrogens is 1. The fourth-order valence-corrected chi connectivity index (χ4v) is 2.87. The topological polar surface area (TPSA) is 79.7 Å². The number of carboxylic acid groups (broad SMARTS) is 1. The summed E-state index contributed by atoms with van der Waals surface area (Å²) in [7, 11) is 1.51. The first-order valence-electron chi connectivity index (χ1n) is 7.04. The number of nitrogens with zero attached hydrogens (tertiary/aromatic N) is 2. The lowest BCUT2D eigenvalue weighted by Gasteiger charge is -2.20. The first-order chi connectivity index (χ1) is 11.0. The summed E-state index contributed by atoms with van der Waals surface area (Å²) >= 11 is 1.51. The highest BCUT2D eigenvalue weighted by atomic mass is 32.1. The van der Waals surface area contributed by atoms with E-state index in [1.165, 1.54) is 23.3 Å². The molecule has 0 atom stereocenters. The molecule has 0 saturated heterocycles. The second-order valence-corrected chi connectivity index (χ2v) is 5.85. The number of aryl methyl sites for hydroxylation is 1. The van der Waals surface area contributed by atoms with Gasteiger partial charge in [0.15, 0.2) is 0 Å². The van der Waals surface area contributed by atoms with Crippen molar-refractivity contribution in [3.63, 3.8) is 0 Å². The molecule has 1 aromatic carbocycles. The molecule has 2 rings (SSSR count). The van der Waals surface area contributed by atoms with Crippen LogP contribution in [0.4, 0.5) is 0 Å². The number of rotatable bonds is 7. The molecule has 2 aromatic rings. The molecule has 0 fully saturated rings. The van der Waals surface area contributed by atoms with E-state index in [4.69, 9.17) is 9.84 Å². The van der Waals surface area contributed by atoms with Gasteiger partial charge in [0.25, 0.3) is 5.91 Å². The molecule has 0 aliphatic rings. The van der Waals surface area contributed by atoms with Gasteiger partial charge in [-0.25, -0.2) is 4.98 Å². The monoisotopic (exact) mass is 334 g/mol. The predicted molar refractivity (Wildman–Crippen MR) is 87.7 cm³/mol. The first-order valence-corrected chi connectivity index (χ1v) is 7.92. The number of aliphatic carboxylic acids is 1. The van der Waals surface area contributed by atoms with Crippen molar-refractivity contribution in [1.29, 1.82) is 0 Å². The molecule has 0 radical (unpaired) electrons. The maximum Gasteiger partial charge on any atom is 0.323 e. The molecule has 1 heterocycles. The molecule has 0 spiro atoms. The first kappa shape index (κ1) is 17.1. The van der Waals surface area contributed by atoms with E-state index < -0.39 is 5.97 Å². The normalized spacial score (nSPS) is 10.5. The summed E-state index contributed by atoms with van der Waals surface area (Å²) in [5, 5.41) is 11.7. The average molecular weight is 334 g/mol. The molecule has 1 N–H and O–H groups in total. The van der Waals surface area contributed by atoms with Crippen molar-refractivity contribution < 1.29 is 19.4 Å². The number of carboxylic acids is 1. The number of amides is 1. The van der Waals surface area contributed by atoms with Gasteiger partial charge in [0.1, 0.15) is 11.6 Å². The zero-order chi connectivity index (χ0) is 16.8. The van der Waals surface area contributed by atoms with Crippen LogP contribution < -0.4 is 0 Å². The van der Waals surface area contributed by atoms with Crippen LogP contribution in [0.5, 0.6) is 0 Å². The van der Waals surface area contributed by atoms with Crippen LogP contribution in [0.2, 0.25) is 0 Å². The SMILES string of the molecule is COCCN(CC(=O)O)C(=O)c1cccc(-c2nc(C)cs2)c1. The van der Waals surface area contributed by atoms with Crippen molar-refractivity contribution in [2.45, 2.75) is 6.92 Å². The summed E-state index contributed by atoms with van der Waals surface area (Å²) in [5.74, 6) is -1.39. The summed E-state index contributed by atoms with van der Waals surface area (Å²) in [4.78, 5) is 29.2. The lowest BCUT2D eigenvalue weighted by molar-refractivity contribution is -0.137. The Kier molecular flexibility index (Phi) is 5.84. The summed E-state index contributed by atoms with van der Waals surface area (Å²) < 4.78 is 4.94. The van der Waals surface area contributed by atoms with Crippen LogP contribution in [0.15, 0.2) is 29.6 Å². The van der Waals surface area contributed by atoms with Gasteiger partial charge in [-0.2, -0.15) is 0 Å². The summed E-state index contributed by atoms with van der Waals surface area (Å²) in [6, 6.07) is 7.07. The number of hydrogen-bond donors (Lipinski definition) is 1. The van der Waals surface area contributed by atoms with E-state index in [0.717, 1.165) is 16.3 Å². The zero-order valence-electron chi connectivity index (χ0n) is 13.0. The number of carbonyl (C=O) groups is 2. The number of hydrogen-bond acceptors (Lipinski definition) is 5. The third kappa shape index (κ3) is 4.61. The Morgan fingerprint density at radius 1 is 1.39 bits per heavy atom. The Morgan fingerprint density at radius 2 is 2.17 bits per heavy atom. The summed E-state index contributed by atoms with van der Waals surface area (Å²) in [6.07, 6.45) is 0. The molecule has 0 bridgehead atoms. The molecule has 0 aliphatic heterocycles. The van der Waals surface area contributed by atoms with Gasteiger partial charge >= 0.3 is 5.97 Å². The average Bonchev–Trinajstić information content (AvgIpc) is 2.97. The van der Waals surface area contributed by atoms with Crippen LogP contribution in [-0.4, -0.2) is 53.7 Å². The van der Waals surface area contributed by atoms with Gasteiger partial charge in [-0.3, -0.25) is 9.59 Å². The van der Waals surface area contributed by atoms with Gasteiger partial charge in [0.2, 0.25) is 0 Å². The van der Waals surface area contributed by atoms with Crippen molar-refractivity contribution in [3.05, 3.63) is 40.9 Å². The Morgan fingerprint density at radius 3 is 2.78 bits per heavy atom. The molecular weight excluding hydrogens is 316 g/mol. The van der Waals surface area contributed by atoms with E-state index in [-0.39, 0.29) is 25.6 Å². The van der Waals surface area contributed by atoms with Gasteiger partial charge in [0, 0.05) is 35.9 Å². The number of benzene rings is 1. The van der Waals surface area contributed by atoms with E-state index in [1.54, 1.807) is 18.2 Å². The Bertz CT molecular complexity index is 699. The number of ether oxygens (including phenoxy) is 1. The molecule has 0 aliphatic carbocycles. The molecule has 122 valence electrons. The Hall–Kier alpha value is -2.25. The van der Waals surface area contributed by atoms with Gasteiger partial charge in [-0.15, -0.1) is 11.3 Å². The van der Waals surface area contributed by atoms with Crippen molar-refractivity contribution in [2.24, 2.45) is 0 Å². The van der Waals surface area contributed by atoms with E-state index in [9.17, 15) is 9.59 Å². The van der Waals surface area contributed by atoms with Crippen molar-refractivity contribution >= 4 is 23.2 Å². The maximum absolute atomic E-state index is 12.6. The highest BCUT2D eigenvalue weighted by Gasteiger charge is 2.19. The predicted octanol–water partition coefficient (Wildman–Crippen LogP) is 2.29. The van der Waals surface area contributed by atoms with Crippen LogP contribution in [0, 0.1) is 6.92 Å². The Labute approximate surface area is 138 Å². The molecule has 0 unspecified atom stereocenters. The van der Waals surface area contributed by atoms with Gasteiger partial charge < -0.3 is 14.7 Å². The largest absolute Gasteiger partial charge is 0.480 e. The molecule has 0 saturated carbocycles. The van der Waals surface area contributed by atoms with E-state index in [1.807, 2.05) is 18.4 Å².